The molecule has 0 spiro atoms. The molecule has 2 N–H and O–H groups in total. The number of furan rings is 1. The zero-order valence-corrected chi connectivity index (χ0v) is 11.6. The fraction of sp³-hybridized carbons (Fsp3) is 0.111. The van der Waals surface area contributed by atoms with Crippen LogP contribution in [0.1, 0.15) is 11.5 Å². The van der Waals surface area contributed by atoms with Crippen LogP contribution in [0.15, 0.2) is 71.1 Å². The Balaban J connectivity index is 1.79. The van der Waals surface area contributed by atoms with E-state index in [0.29, 0.717) is 12.3 Å². The molecule has 3 aromatic rings. The SMILES string of the molecule is OCc1ccc(CNc2ccccc2-c2ccccc2)o1. The summed E-state index contributed by atoms with van der Waals surface area (Å²) in [6.45, 7) is 0.518. The first-order valence-corrected chi connectivity index (χ1v) is 6.93. The van der Waals surface area contributed by atoms with E-state index in [9.17, 15) is 0 Å². The molecule has 0 unspecified atom stereocenters. The van der Waals surface area contributed by atoms with Gasteiger partial charge in [-0.15, -0.1) is 0 Å². The Morgan fingerprint density at radius 3 is 2.29 bits per heavy atom. The van der Waals surface area contributed by atoms with Crippen LogP contribution in [0.3, 0.4) is 0 Å². The van der Waals surface area contributed by atoms with Gasteiger partial charge in [-0.05, 0) is 23.8 Å². The van der Waals surface area contributed by atoms with E-state index in [2.05, 4.69) is 29.6 Å². The number of benzene rings is 2. The van der Waals surface area contributed by atoms with Crippen LogP contribution in [0.5, 0.6) is 0 Å². The van der Waals surface area contributed by atoms with Gasteiger partial charge in [0.25, 0.3) is 0 Å². The first kappa shape index (κ1) is 13.5. The minimum Gasteiger partial charge on any atom is -0.462 e. The molecule has 1 heterocycles. The molecular formula is C18H17NO2. The Labute approximate surface area is 123 Å². The van der Waals surface area contributed by atoms with E-state index >= 15 is 0 Å². The van der Waals surface area contributed by atoms with E-state index in [1.165, 1.54) is 5.56 Å². The molecule has 0 amide bonds. The summed E-state index contributed by atoms with van der Waals surface area (Å²) < 4.78 is 5.49. The Kier molecular flexibility index (Phi) is 4.03. The Bertz CT molecular complexity index is 704. The molecule has 2 aromatic carbocycles. The van der Waals surface area contributed by atoms with Gasteiger partial charge in [0.1, 0.15) is 18.1 Å². The van der Waals surface area contributed by atoms with Crippen LogP contribution in [-0.2, 0) is 13.2 Å². The third kappa shape index (κ3) is 3.15. The fourth-order valence-corrected chi connectivity index (χ4v) is 2.29. The van der Waals surface area contributed by atoms with Gasteiger partial charge in [0.15, 0.2) is 0 Å². The average molecular weight is 279 g/mol. The number of hydrogen-bond acceptors (Lipinski definition) is 3. The van der Waals surface area contributed by atoms with E-state index in [4.69, 9.17) is 9.52 Å². The highest BCUT2D eigenvalue weighted by molar-refractivity contribution is 5.77. The molecule has 3 heteroatoms. The lowest BCUT2D eigenvalue weighted by Gasteiger charge is -2.11. The summed E-state index contributed by atoms with van der Waals surface area (Å²) in [5.74, 6) is 1.39. The van der Waals surface area contributed by atoms with Crippen LogP contribution < -0.4 is 5.32 Å². The van der Waals surface area contributed by atoms with Crippen molar-refractivity contribution in [2.75, 3.05) is 5.32 Å². The van der Waals surface area contributed by atoms with Crippen molar-refractivity contribution in [3.63, 3.8) is 0 Å². The van der Waals surface area contributed by atoms with Crippen LogP contribution in [-0.4, -0.2) is 5.11 Å². The van der Waals surface area contributed by atoms with Gasteiger partial charge >= 0.3 is 0 Å². The van der Waals surface area contributed by atoms with E-state index in [-0.39, 0.29) is 6.61 Å². The quantitative estimate of drug-likeness (QED) is 0.740. The zero-order chi connectivity index (χ0) is 14.5. The third-order valence-corrected chi connectivity index (χ3v) is 3.34. The molecule has 0 aliphatic heterocycles. The van der Waals surface area contributed by atoms with Gasteiger partial charge in [-0.1, -0.05) is 48.5 Å². The van der Waals surface area contributed by atoms with E-state index in [1.54, 1.807) is 6.07 Å². The largest absolute Gasteiger partial charge is 0.462 e. The molecule has 0 atom stereocenters. The molecule has 0 radical (unpaired) electrons. The zero-order valence-electron chi connectivity index (χ0n) is 11.6. The third-order valence-electron chi connectivity index (χ3n) is 3.34. The van der Waals surface area contributed by atoms with Crippen molar-refractivity contribution in [3.05, 3.63) is 78.3 Å². The molecule has 3 rings (SSSR count). The van der Waals surface area contributed by atoms with Crippen molar-refractivity contribution in [3.8, 4) is 11.1 Å². The summed E-state index contributed by atoms with van der Waals surface area (Å²) in [4.78, 5) is 0. The van der Waals surface area contributed by atoms with E-state index in [0.717, 1.165) is 17.0 Å². The van der Waals surface area contributed by atoms with Crippen molar-refractivity contribution in [1.82, 2.24) is 0 Å². The predicted molar refractivity (Wildman–Crippen MR) is 83.8 cm³/mol. The van der Waals surface area contributed by atoms with Crippen molar-refractivity contribution in [2.45, 2.75) is 13.2 Å². The lowest BCUT2D eigenvalue weighted by Crippen LogP contribution is -1.99. The van der Waals surface area contributed by atoms with Crippen molar-refractivity contribution >= 4 is 5.69 Å². The predicted octanol–water partition coefficient (Wildman–Crippen LogP) is 4.05. The average Bonchev–Trinajstić information content (AvgIpc) is 3.02. The number of aliphatic hydroxyl groups is 1. The van der Waals surface area contributed by atoms with Crippen molar-refractivity contribution in [2.24, 2.45) is 0 Å². The van der Waals surface area contributed by atoms with Gasteiger partial charge in [0.2, 0.25) is 0 Å². The van der Waals surface area contributed by atoms with E-state index < -0.39 is 0 Å². The molecule has 3 nitrogen and oxygen atoms in total. The van der Waals surface area contributed by atoms with Gasteiger partial charge in [-0.2, -0.15) is 0 Å². The highest BCUT2D eigenvalue weighted by atomic mass is 16.4. The molecule has 0 aliphatic carbocycles. The Morgan fingerprint density at radius 1 is 0.810 bits per heavy atom. The molecule has 1 aromatic heterocycles. The Hall–Kier alpha value is -2.52. The van der Waals surface area contributed by atoms with Crippen LogP contribution in [0.4, 0.5) is 5.69 Å². The smallest absolute Gasteiger partial charge is 0.129 e. The minimum atomic E-state index is -0.0688. The van der Waals surface area contributed by atoms with Crippen LogP contribution in [0.25, 0.3) is 11.1 Å². The molecule has 106 valence electrons. The standard InChI is InChI=1S/C18H17NO2/c20-13-16-11-10-15(21-16)12-19-18-9-5-4-8-17(18)14-6-2-1-3-7-14/h1-11,19-20H,12-13H2. The van der Waals surface area contributed by atoms with Crippen LogP contribution in [0, 0.1) is 0 Å². The van der Waals surface area contributed by atoms with Gasteiger partial charge in [-0.3, -0.25) is 0 Å². The summed E-state index contributed by atoms with van der Waals surface area (Å²) in [6, 6.07) is 22.1. The number of rotatable bonds is 5. The maximum absolute atomic E-state index is 9.01. The molecule has 0 fully saturated rings. The highest BCUT2D eigenvalue weighted by Gasteiger charge is 2.05. The molecule has 0 bridgehead atoms. The summed E-state index contributed by atoms with van der Waals surface area (Å²) in [5, 5.41) is 12.4. The lowest BCUT2D eigenvalue weighted by molar-refractivity contribution is 0.244. The van der Waals surface area contributed by atoms with Crippen LogP contribution in [0.2, 0.25) is 0 Å². The summed E-state index contributed by atoms with van der Waals surface area (Å²) >= 11 is 0. The van der Waals surface area contributed by atoms with Gasteiger partial charge in [0, 0.05) is 11.3 Å². The van der Waals surface area contributed by atoms with Gasteiger partial charge in [0.05, 0.1) is 6.54 Å². The summed E-state index contributed by atoms with van der Waals surface area (Å²) in [5.41, 5.74) is 3.40. The van der Waals surface area contributed by atoms with Gasteiger partial charge < -0.3 is 14.8 Å². The second-order valence-electron chi connectivity index (χ2n) is 4.79. The first-order chi connectivity index (χ1) is 10.4. The van der Waals surface area contributed by atoms with Gasteiger partial charge in [-0.25, -0.2) is 0 Å². The monoisotopic (exact) mass is 279 g/mol. The number of anilines is 1. The fourth-order valence-electron chi connectivity index (χ4n) is 2.29. The second-order valence-corrected chi connectivity index (χ2v) is 4.79. The Morgan fingerprint density at radius 2 is 1.52 bits per heavy atom. The highest BCUT2D eigenvalue weighted by Crippen LogP contribution is 2.27. The molecule has 0 saturated heterocycles. The maximum Gasteiger partial charge on any atom is 0.129 e. The number of para-hydroxylation sites is 1. The topological polar surface area (TPSA) is 45.4 Å². The van der Waals surface area contributed by atoms with Crippen LogP contribution >= 0.6 is 0 Å². The number of hydrogen-bond donors (Lipinski definition) is 2. The van der Waals surface area contributed by atoms with Crippen molar-refractivity contribution in [1.29, 1.82) is 0 Å². The molecular weight excluding hydrogens is 262 g/mol. The minimum absolute atomic E-state index is 0.0688. The summed E-state index contributed by atoms with van der Waals surface area (Å²) in [7, 11) is 0. The first-order valence-electron chi connectivity index (χ1n) is 6.93. The molecule has 0 aliphatic rings. The molecule has 0 saturated carbocycles. The van der Waals surface area contributed by atoms with Crippen molar-refractivity contribution < 1.29 is 9.52 Å². The lowest BCUT2D eigenvalue weighted by atomic mass is 10.0. The number of aliphatic hydroxyl groups excluding tert-OH is 1. The number of nitrogens with one attached hydrogen (secondary N) is 1. The maximum atomic E-state index is 9.01. The van der Waals surface area contributed by atoms with E-state index in [1.807, 2.05) is 36.4 Å². The normalized spacial score (nSPS) is 10.5. The molecule has 21 heavy (non-hydrogen) atoms. The second kappa shape index (κ2) is 6.29. The summed E-state index contributed by atoms with van der Waals surface area (Å²) in [6.07, 6.45) is 0.